The monoisotopic (exact) mass is 301 g/mol. The molecule has 0 saturated carbocycles. The van der Waals surface area contributed by atoms with E-state index in [2.05, 4.69) is 10.1 Å². The van der Waals surface area contributed by atoms with Crippen molar-refractivity contribution in [3.8, 4) is 11.3 Å². The number of fused-ring (bicyclic) bond motifs is 1. The molecule has 22 heavy (non-hydrogen) atoms. The molecular weight excluding hydrogens is 289 g/mol. The van der Waals surface area contributed by atoms with Crippen LogP contribution in [0.3, 0.4) is 0 Å². The highest BCUT2D eigenvalue weighted by atomic mass is 19.1. The van der Waals surface area contributed by atoms with E-state index in [1.807, 2.05) is 0 Å². The van der Waals surface area contributed by atoms with E-state index in [4.69, 9.17) is 9.90 Å². The van der Waals surface area contributed by atoms with Crippen molar-refractivity contribution in [2.24, 2.45) is 7.05 Å². The minimum absolute atomic E-state index is 0.191. The Labute approximate surface area is 124 Å². The Morgan fingerprint density at radius 1 is 1.27 bits per heavy atom. The second-order valence-electron chi connectivity index (χ2n) is 4.32. The lowest BCUT2D eigenvalue weighted by molar-refractivity contribution is -0.122. The highest BCUT2D eigenvalue weighted by Gasteiger charge is 2.06. The largest absolute Gasteiger partial charge is 0.483 e. The van der Waals surface area contributed by atoms with Gasteiger partial charge in [0.1, 0.15) is 5.82 Å². The summed E-state index contributed by atoms with van der Waals surface area (Å²) < 4.78 is 14.9. The van der Waals surface area contributed by atoms with Crippen LogP contribution < -0.4 is 5.56 Å². The second-order valence-corrected chi connectivity index (χ2v) is 4.32. The molecule has 1 N–H and O–H groups in total. The van der Waals surface area contributed by atoms with Crippen LogP contribution in [0.1, 0.15) is 0 Å². The van der Waals surface area contributed by atoms with Gasteiger partial charge in [-0.15, -0.1) is 0 Å². The number of pyridine rings is 1. The Kier molecular flexibility index (Phi) is 4.57. The number of benzene rings is 1. The topological polar surface area (TPSA) is 85.1 Å². The maximum absolute atomic E-state index is 13.7. The van der Waals surface area contributed by atoms with Crippen molar-refractivity contribution >= 4 is 17.4 Å². The number of carbonyl (C=O) groups is 1. The summed E-state index contributed by atoms with van der Waals surface area (Å²) in [6.07, 6.45) is 1.62. The van der Waals surface area contributed by atoms with Crippen LogP contribution in [0.2, 0.25) is 0 Å². The van der Waals surface area contributed by atoms with Crippen LogP contribution in [0.25, 0.3) is 22.2 Å². The smallest absolute Gasteiger partial charge is 0.290 e. The molecule has 3 rings (SSSR count). The Balaban J connectivity index is 0.000000545. The van der Waals surface area contributed by atoms with Crippen molar-refractivity contribution in [3.05, 3.63) is 58.8 Å². The van der Waals surface area contributed by atoms with Crippen LogP contribution in [-0.2, 0) is 11.8 Å². The van der Waals surface area contributed by atoms with Gasteiger partial charge in [-0.05, 0) is 24.3 Å². The van der Waals surface area contributed by atoms with Crippen molar-refractivity contribution in [3.63, 3.8) is 0 Å². The molecule has 2 aromatic heterocycles. The first-order chi connectivity index (χ1) is 10.6. The van der Waals surface area contributed by atoms with Crippen molar-refractivity contribution in [1.29, 1.82) is 0 Å². The third-order valence-electron chi connectivity index (χ3n) is 2.93. The number of carboxylic acid groups (broad SMARTS) is 1. The highest BCUT2D eigenvalue weighted by Crippen LogP contribution is 2.22. The van der Waals surface area contributed by atoms with Gasteiger partial charge in [0.25, 0.3) is 12.0 Å². The standard InChI is InChI=1S/C14H10FN3O.CH2O2/c1-18-14(19)6-5-12(17-18)9-7-10-11(15)3-2-4-13(10)16-8-9;2-1-3/h2-8H,1H3;1H,(H,2,3). The predicted molar refractivity (Wildman–Crippen MR) is 78.9 cm³/mol. The summed E-state index contributed by atoms with van der Waals surface area (Å²) in [5, 5.41) is 11.5. The summed E-state index contributed by atoms with van der Waals surface area (Å²) in [5.74, 6) is -0.323. The van der Waals surface area contributed by atoms with Crippen LogP contribution in [0.5, 0.6) is 0 Å². The summed E-state index contributed by atoms with van der Waals surface area (Å²) in [6.45, 7) is -0.250. The number of halogens is 1. The van der Waals surface area contributed by atoms with Crippen LogP contribution >= 0.6 is 0 Å². The minimum atomic E-state index is -0.323. The molecule has 0 spiro atoms. The third kappa shape index (κ3) is 3.14. The van der Waals surface area contributed by atoms with Gasteiger partial charge < -0.3 is 5.11 Å². The van der Waals surface area contributed by atoms with Crippen LogP contribution in [-0.4, -0.2) is 26.3 Å². The molecule has 0 bridgehead atoms. The zero-order chi connectivity index (χ0) is 16.1. The van der Waals surface area contributed by atoms with E-state index in [-0.39, 0.29) is 17.8 Å². The van der Waals surface area contributed by atoms with E-state index in [1.165, 1.54) is 16.8 Å². The molecule has 0 unspecified atom stereocenters. The SMILES string of the molecule is Cn1nc(-c2cnc3cccc(F)c3c2)ccc1=O.O=CO. The average Bonchev–Trinajstić information content (AvgIpc) is 2.51. The number of nitrogens with zero attached hydrogens (tertiary/aromatic N) is 3. The van der Waals surface area contributed by atoms with Gasteiger partial charge in [-0.25, -0.2) is 9.07 Å². The quantitative estimate of drug-likeness (QED) is 0.693. The van der Waals surface area contributed by atoms with Crippen LogP contribution in [0.4, 0.5) is 4.39 Å². The van der Waals surface area contributed by atoms with Crippen LogP contribution in [0, 0.1) is 5.82 Å². The summed E-state index contributed by atoms with van der Waals surface area (Å²) in [6, 6.07) is 9.47. The van der Waals surface area contributed by atoms with Crippen molar-refractivity contribution in [1.82, 2.24) is 14.8 Å². The van der Waals surface area contributed by atoms with Gasteiger partial charge >= 0.3 is 0 Å². The van der Waals surface area contributed by atoms with Crippen molar-refractivity contribution in [2.45, 2.75) is 0 Å². The zero-order valence-corrected chi connectivity index (χ0v) is 11.6. The number of hydrogen-bond acceptors (Lipinski definition) is 4. The normalized spacial score (nSPS) is 9.91. The van der Waals surface area contributed by atoms with Gasteiger partial charge in [-0.1, -0.05) is 6.07 Å². The van der Waals surface area contributed by atoms with Gasteiger partial charge in [0.05, 0.1) is 11.2 Å². The predicted octanol–water partition coefficient (Wildman–Crippen LogP) is 1.84. The Morgan fingerprint density at radius 2 is 2.00 bits per heavy atom. The maximum Gasteiger partial charge on any atom is 0.290 e. The lowest BCUT2D eigenvalue weighted by Gasteiger charge is -2.04. The van der Waals surface area contributed by atoms with Crippen molar-refractivity contribution < 1.29 is 14.3 Å². The fraction of sp³-hybridized carbons (Fsp3) is 0.0667. The summed E-state index contributed by atoms with van der Waals surface area (Å²) >= 11 is 0. The second kappa shape index (κ2) is 6.57. The molecule has 112 valence electrons. The molecular formula is C15H12FN3O3. The molecule has 1 aromatic carbocycles. The molecule has 3 aromatic rings. The zero-order valence-electron chi connectivity index (χ0n) is 11.6. The van der Waals surface area contributed by atoms with Crippen LogP contribution in [0.15, 0.2) is 47.4 Å². The van der Waals surface area contributed by atoms with E-state index in [9.17, 15) is 9.18 Å². The van der Waals surface area contributed by atoms with Crippen molar-refractivity contribution in [2.75, 3.05) is 0 Å². The molecule has 0 radical (unpaired) electrons. The molecule has 0 amide bonds. The first-order valence-electron chi connectivity index (χ1n) is 6.23. The van der Waals surface area contributed by atoms with Gasteiger partial charge in [0.2, 0.25) is 0 Å². The molecule has 0 saturated heterocycles. The van der Waals surface area contributed by atoms with E-state index in [1.54, 1.807) is 37.5 Å². The maximum atomic E-state index is 13.7. The number of rotatable bonds is 1. The Bertz CT molecular complexity index is 877. The Morgan fingerprint density at radius 3 is 2.68 bits per heavy atom. The lowest BCUT2D eigenvalue weighted by atomic mass is 10.1. The minimum Gasteiger partial charge on any atom is -0.483 e. The van der Waals surface area contributed by atoms with Gasteiger partial charge in [0.15, 0.2) is 0 Å². The van der Waals surface area contributed by atoms with E-state index in [0.29, 0.717) is 22.2 Å². The molecule has 7 heteroatoms. The Hall–Kier alpha value is -3.09. The molecule has 6 nitrogen and oxygen atoms in total. The fourth-order valence-electron chi connectivity index (χ4n) is 1.91. The first-order valence-corrected chi connectivity index (χ1v) is 6.23. The third-order valence-corrected chi connectivity index (χ3v) is 2.93. The summed E-state index contributed by atoms with van der Waals surface area (Å²) in [7, 11) is 1.57. The molecule has 0 aliphatic rings. The number of hydrogen-bond donors (Lipinski definition) is 1. The lowest BCUT2D eigenvalue weighted by Crippen LogP contribution is -2.18. The molecule has 0 atom stereocenters. The summed E-state index contributed by atoms with van der Waals surface area (Å²) in [5.41, 5.74) is 1.66. The van der Waals surface area contributed by atoms with E-state index >= 15 is 0 Å². The number of aromatic nitrogens is 3. The molecule has 2 heterocycles. The average molecular weight is 301 g/mol. The molecule has 0 aliphatic carbocycles. The van der Waals surface area contributed by atoms with Gasteiger partial charge in [-0.3, -0.25) is 14.6 Å². The van der Waals surface area contributed by atoms with E-state index < -0.39 is 0 Å². The highest BCUT2D eigenvalue weighted by molar-refractivity contribution is 5.83. The first kappa shape index (κ1) is 15.3. The summed E-state index contributed by atoms with van der Waals surface area (Å²) in [4.78, 5) is 23.9. The van der Waals surface area contributed by atoms with Gasteiger partial charge in [-0.2, -0.15) is 5.10 Å². The molecule has 0 fully saturated rings. The fourth-order valence-corrected chi connectivity index (χ4v) is 1.91. The molecule has 0 aliphatic heterocycles. The van der Waals surface area contributed by atoms with E-state index in [0.717, 1.165) is 0 Å². The number of aryl methyl sites for hydroxylation is 1. The van der Waals surface area contributed by atoms with Gasteiger partial charge in [0, 0.05) is 30.3 Å².